The predicted molar refractivity (Wildman–Crippen MR) is 83.3 cm³/mol. The van der Waals surface area contributed by atoms with E-state index in [2.05, 4.69) is 21.2 Å². The third-order valence-electron chi connectivity index (χ3n) is 2.94. The Morgan fingerprint density at radius 2 is 1.90 bits per heavy atom. The first-order valence-corrected chi connectivity index (χ1v) is 7.49. The fraction of sp³-hybridized carbons (Fsp3) is 0.467. The molecule has 1 aromatic rings. The van der Waals surface area contributed by atoms with E-state index in [-0.39, 0.29) is 12.5 Å². The van der Waals surface area contributed by atoms with Gasteiger partial charge in [0.1, 0.15) is 5.75 Å². The number of halogens is 1. The summed E-state index contributed by atoms with van der Waals surface area (Å²) in [5, 5.41) is 11.6. The SMILES string of the molecule is CC(C)(CNC(=O)CCCOc1ccc(Br)cc1)C(=O)O. The van der Waals surface area contributed by atoms with Gasteiger partial charge in [0.25, 0.3) is 0 Å². The van der Waals surface area contributed by atoms with Crippen molar-refractivity contribution in [1.29, 1.82) is 0 Å². The van der Waals surface area contributed by atoms with Crippen LogP contribution in [-0.4, -0.2) is 30.1 Å². The zero-order valence-corrected chi connectivity index (χ0v) is 13.8. The van der Waals surface area contributed by atoms with Gasteiger partial charge in [0, 0.05) is 17.4 Å². The lowest BCUT2D eigenvalue weighted by molar-refractivity contribution is -0.146. The average Bonchev–Trinajstić information content (AvgIpc) is 2.43. The Kier molecular flexibility index (Phi) is 6.68. The fourth-order valence-electron chi connectivity index (χ4n) is 1.44. The topological polar surface area (TPSA) is 75.6 Å². The molecule has 0 aliphatic carbocycles. The molecule has 0 spiro atoms. The van der Waals surface area contributed by atoms with Gasteiger partial charge in [0.2, 0.25) is 5.91 Å². The van der Waals surface area contributed by atoms with Gasteiger partial charge < -0.3 is 15.2 Å². The Labute approximate surface area is 132 Å². The van der Waals surface area contributed by atoms with Crippen molar-refractivity contribution in [3.63, 3.8) is 0 Å². The monoisotopic (exact) mass is 357 g/mol. The van der Waals surface area contributed by atoms with Gasteiger partial charge in [0.05, 0.1) is 12.0 Å². The number of hydrogen-bond donors (Lipinski definition) is 2. The van der Waals surface area contributed by atoms with E-state index in [9.17, 15) is 9.59 Å². The number of carboxylic acid groups (broad SMARTS) is 1. The first-order chi connectivity index (χ1) is 9.81. The van der Waals surface area contributed by atoms with Crippen LogP contribution in [0.1, 0.15) is 26.7 Å². The van der Waals surface area contributed by atoms with Gasteiger partial charge in [0.15, 0.2) is 0 Å². The van der Waals surface area contributed by atoms with Crippen LogP contribution in [0.3, 0.4) is 0 Å². The number of carbonyl (C=O) groups excluding carboxylic acids is 1. The molecule has 0 fully saturated rings. The molecular formula is C15H20BrNO4. The van der Waals surface area contributed by atoms with Crippen LogP contribution in [0.15, 0.2) is 28.7 Å². The lowest BCUT2D eigenvalue weighted by atomic mass is 9.94. The highest BCUT2D eigenvalue weighted by Crippen LogP contribution is 2.16. The minimum Gasteiger partial charge on any atom is -0.494 e. The van der Waals surface area contributed by atoms with E-state index < -0.39 is 11.4 Å². The molecule has 0 radical (unpaired) electrons. The number of hydrogen-bond acceptors (Lipinski definition) is 3. The molecule has 0 bridgehead atoms. The van der Waals surface area contributed by atoms with E-state index >= 15 is 0 Å². The molecule has 2 N–H and O–H groups in total. The second-order valence-electron chi connectivity index (χ2n) is 5.37. The summed E-state index contributed by atoms with van der Waals surface area (Å²) in [5.74, 6) is -0.337. The van der Waals surface area contributed by atoms with Crippen molar-refractivity contribution in [1.82, 2.24) is 5.32 Å². The van der Waals surface area contributed by atoms with E-state index in [4.69, 9.17) is 9.84 Å². The number of benzene rings is 1. The van der Waals surface area contributed by atoms with E-state index in [0.29, 0.717) is 19.4 Å². The van der Waals surface area contributed by atoms with E-state index in [1.165, 1.54) is 0 Å². The summed E-state index contributed by atoms with van der Waals surface area (Å²) in [6, 6.07) is 7.46. The fourth-order valence-corrected chi connectivity index (χ4v) is 1.70. The van der Waals surface area contributed by atoms with Crippen molar-refractivity contribution < 1.29 is 19.4 Å². The molecule has 0 aliphatic heterocycles. The highest BCUT2D eigenvalue weighted by Gasteiger charge is 2.27. The second kappa shape index (κ2) is 8.02. The van der Waals surface area contributed by atoms with Crippen molar-refractivity contribution in [3.05, 3.63) is 28.7 Å². The minimum atomic E-state index is -0.955. The number of carbonyl (C=O) groups is 2. The maximum atomic E-state index is 11.6. The van der Waals surface area contributed by atoms with Crippen molar-refractivity contribution >= 4 is 27.8 Å². The molecule has 0 saturated heterocycles. The number of aliphatic carboxylic acids is 1. The Balaban J connectivity index is 2.19. The maximum absolute atomic E-state index is 11.6. The lowest BCUT2D eigenvalue weighted by Gasteiger charge is -2.19. The van der Waals surface area contributed by atoms with E-state index in [0.717, 1.165) is 10.2 Å². The Morgan fingerprint density at radius 1 is 1.29 bits per heavy atom. The number of carboxylic acids is 1. The van der Waals surface area contributed by atoms with Crippen LogP contribution >= 0.6 is 15.9 Å². The Hall–Kier alpha value is -1.56. The van der Waals surface area contributed by atoms with Gasteiger partial charge >= 0.3 is 5.97 Å². The molecule has 116 valence electrons. The molecular weight excluding hydrogens is 338 g/mol. The van der Waals surface area contributed by atoms with Gasteiger partial charge in [-0.05, 0) is 44.5 Å². The molecule has 0 unspecified atom stereocenters. The van der Waals surface area contributed by atoms with Gasteiger partial charge in [-0.25, -0.2) is 0 Å². The van der Waals surface area contributed by atoms with Crippen molar-refractivity contribution in [2.24, 2.45) is 5.41 Å². The molecule has 21 heavy (non-hydrogen) atoms. The maximum Gasteiger partial charge on any atom is 0.310 e. The zero-order valence-electron chi connectivity index (χ0n) is 12.2. The summed E-state index contributed by atoms with van der Waals surface area (Å²) < 4.78 is 6.48. The summed E-state index contributed by atoms with van der Waals surface area (Å²) in [6.07, 6.45) is 0.891. The van der Waals surface area contributed by atoms with Gasteiger partial charge in [-0.2, -0.15) is 0 Å². The molecule has 0 atom stereocenters. The average molecular weight is 358 g/mol. The van der Waals surface area contributed by atoms with Crippen LogP contribution in [0, 0.1) is 5.41 Å². The predicted octanol–water partition coefficient (Wildman–Crippen LogP) is 2.84. The van der Waals surface area contributed by atoms with Crippen LogP contribution in [-0.2, 0) is 9.59 Å². The normalized spacial score (nSPS) is 11.0. The van der Waals surface area contributed by atoms with Gasteiger partial charge in [-0.15, -0.1) is 0 Å². The first kappa shape index (κ1) is 17.5. The van der Waals surface area contributed by atoms with E-state index in [1.54, 1.807) is 13.8 Å². The van der Waals surface area contributed by atoms with E-state index in [1.807, 2.05) is 24.3 Å². The molecule has 1 aromatic carbocycles. The van der Waals surface area contributed by atoms with Crippen molar-refractivity contribution in [3.8, 4) is 5.75 Å². The summed E-state index contributed by atoms with van der Waals surface area (Å²) >= 11 is 3.34. The molecule has 0 heterocycles. The van der Waals surface area contributed by atoms with Crippen LogP contribution in [0.5, 0.6) is 5.75 Å². The third kappa shape index (κ3) is 6.62. The third-order valence-corrected chi connectivity index (χ3v) is 3.47. The highest BCUT2D eigenvalue weighted by atomic mass is 79.9. The first-order valence-electron chi connectivity index (χ1n) is 6.70. The quantitative estimate of drug-likeness (QED) is 0.701. The molecule has 0 aliphatic rings. The number of rotatable bonds is 8. The summed E-state index contributed by atoms with van der Waals surface area (Å²) in [6.45, 7) is 3.71. The van der Waals surface area contributed by atoms with Crippen LogP contribution in [0.2, 0.25) is 0 Å². The standard InChI is InChI=1S/C15H20BrNO4/c1-15(2,14(19)20)10-17-13(18)4-3-9-21-12-7-5-11(16)6-8-12/h5-8H,3-4,9-10H2,1-2H3,(H,17,18)(H,19,20). The van der Waals surface area contributed by atoms with Crippen LogP contribution in [0.4, 0.5) is 0 Å². The minimum absolute atomic E-state index is 0.120. The van der Waals surface area contributed by atoms with Crippen LogP contribution < -0.4 is 10.1 Å². The largest absolute Gasteiger partial charge is 0.494 e. The Bertz CT molecular complexity index is 485. The molecule has 0 aromatic heterocycles. The van der Waals surface area contributed by atoms with Gasteiger partial charge in [-0.3, -0.25) is 9.59 Å². The molecule has 6 heteroatoms. The molecule has 0 saturated carbocycles. The smallest absolute Gasteiger partial charge is 0.310 e. The number of ether oxygens (including phenoxy) is 1. The zero-order chi connectivity index (χ0) is 15.9. The second-order valence-corrected chi connectivity index (χ2v) is 6.29. The Morgan fingerprint density at radius 3 is 2.48 bits per heavy atom. The lowest BCUT2D eigenvalue weighted by Crippen LogP contribution is -2.38. The summed E-state index contributed by atoms with van der Waals surface area (Å²) in [5.41, 5.74) is -0.955. The summed E-state index contributed by atoms with van der Waals surface area (Å²) in [4.78, 5) is 22.5. The number of nitrogens with one attached hydrogen (secondary N) is 1. The molecule has 1 amide bonds. The van der Waals surface area contributed by atoms with Crippen molar-refractivity contribution in [2.45, 2.75) is 26.7 Å². The van der Waals surface area contributed by atoms with Crippen LogP contribution in [0.25, 0.3) is 0 Å². The van der Waals surface area contributed by atoms with Crippen molar-refractivity contribution in [2.75, 3.05) is 13.2 Å². The highest BCUT2D eigenvalue weighted by molar-refractivity contribution is 9.10. The number of amides is 1. The van der Waals surface area contributed by atoms with Gasteiger partial charge in [-0.1, -0.05) is 15.9 Å². The molecule has 1 rings (SSSR count). The summed E-state index contributed by atoms with van der Waals surface area (Å²) in [7, 11) is 0. The molecule has 5 nitrogen and oxygen atoms in total.